The van der Waals surface area contributed by atoms with E-state index in [4.69, 9.17) is 9.47 Å². The molecule has 2 aromatic rings. The molecular weight excluding hydrogens is 398 g/mol. The van der Waals surface area contributed by atoms with E-state index in [-0.39, 0.29) is 24.4 Å². The number of rotatable bonds is 11. The number of nitrogens with one attached hydrogen (secondary N) is 1. The molecule has 0 saturated carbocycles. The van der Waals surface area contributed by atoms with Gasteiger partial charge in [-0.05, 0) is 56.7 Å². The van der Waals surface area contributed by atoms with Gasteiger partial charge >= 0.3 is 5.97 Å². The van der Waals surface area contributed by atoms with Crippen molar-refractivity contribution in [2.45, 2.75) is 46.1 Å². The number of ketones is 2. The van der Waals surface area contributed by atoms with Gasteiger partial charge in [0.15, 0.2) is 17.7 Å². The standard InChI is InChI=1S/C24H27NO6/c1-4-14-30-21-10-8-18(9-11-21)22(27)12-13-23(28)31-17(3)24(29)25-20-7-5-6-19(15-20)16(2)26/h5-11,15,17H,4,12-14H2,1-3H3,(H,25,29)/t17-/m0/s1. The van der Waals surface area contributed by atoms with Crippen LogP contribution >= 0.6 is 0 Å². The summed E-state index contributed by atoms with van der Waals surface area (Å²) in [6.45, 7) is 5.49. The predicted octanol–water partition coefficient (Wildman–Crippen LogP) is 4.21. The lowest BCUT2D eigenvalue weighted by Gasteiger charge is -2.14. The first-order valence-electron chi connectivity index (χ1n) is 10.2. The molecule has 1 N–H and O–H groups in total. The van der Waals surface area contributed by atoms with Crippen molar-refractivity contribution >= 4 is 29.1 Å². The highest BCUT2D eigenvalue weighted by atomic mass is 16.5. The Hall–Kier alpha value is -3.48. The Morgan fingerprint density at radius 2 is 1.68 bits per heavy atom. The van der Waals surface area contributed by atoms with Gasteiger partial charge in [0.25, 0.3) is 5.91 Å². The van der Waals surface area contributed by atoms with Crippen molar-refractivity contribution in [2.24, 2.45) is 0 Å². The topological polar surface area (TPSA) is 98.8 Å². The van der Waals surface area contributed by atoms with Crippen molar-refractivity contribution in [3.8, 4) is 5.75 Å². The maximum Gasteiger partial charge on any atom is 0.307 e. The van der Waals surface area contributed by atoms with E-state index in [1.165, 1.54) is 13.8 Å². The van der Waals surface area contributed by atoms with E-state index in [2.05, 4.69) is 5.32 Å². The molecule has 0 saturated heterocycles. The summed E-state index contributed by atoms with van der Waals surface area (Å²) in [6, 6.07) is 13.2. The lowest BCUT2D eigenvalue weighted by Crippen LogP contribution is -2.30. The molecule has 0 radical (unpaired) electrons. The van der Waals surface area contributed by atoms with Gasteiger partial charge in [0.05, 0.1) is 13.0 Å². The zero-order valence-corrected chi connectivity index (χ0v) is 18.0. The quantitative estimate of drug-likeness (QED) is 0.428. The Labute approximate surface area is 181 Å². The second-order valence-electron chi connectivity index (χ2n) is 7.05. The Bertz CT molecular complexity index is 935. The fourth-order valence-electron chi connectivity index (χ4n) is 2.69. The average molecular weight is 425 g/mol. The highest BCUT2D eigenvalue weighted by Gasteiger charge is 2.19. The Morgan fingerprint density at radius 3 is 2.32 bits per heavy atom. The molecule has 0 aliphatic carbocycles. The molecule has 164 valence electrons. The van der Waals surface area contributed by atoms with Crippen molar-refractivity contribution in [3.63, 3.8) is 0 Å². The van der Waals surface area contributed by atoms with Gasteiger partial charge in [0.2, 0.25) is 0 Å². The summed E-state index contributed by atoms with van der Waals surface area (Å²) in [5.41, 5.74) is 1.38. The molecule has 0 spiro atoms. The number of carbonyl (C=O) groups is 4. The van der Waals surface area contributed by atoms with E-state index in [9.17, 15) is 19.2 Å². The van der Waals surface area contributed by atoms with Gasteiger partial charge in [-0.3, -0.25) is 19.2 Å². The number of anilines is 1. The summed E-state index contributed by atoms with van der Waals surface area (Å²) in [7, 11) is 0. The van der Waals surface area contributed by atoms with E-state index >= 15 is 0 Å². The molecule has 0 heterocycles. The first kappa shape index (κ1) is 23.8. The van der Waals surface area contributed by atoms with Crippen LogP contribution in [0.15, 0.2) is 48.5 Å². The number of hydrogen-bond donors (Lipinski definition) is 1. The minimum atomic E-state index is -1.04. The number of ether oxygens (including phenoxy) is 2. The van der Waals surface area contributed by atoms with E-state index < -0.39 is 18.0 Å². The first-order valence-corrected chi connectivity index (χ1v) is 10.2. The summed E-state index contributed by atoms with van der Waals surface area (Å²) < 4.78 is 10.6. The fraction of sp³-hybridized carbons (Fsp3) is 0.333. The second kappa shape index (κ2) is 11.6. The molecule has 0 aromatic heterocycles. The van der Waals surface area contributed by atoms with Gasteiger partial charge in [-0.15, -0.1) is 0 Å². The van der Waals surface area contributed by atoms with E-state index in [1.807, 2.05) is 6.92 Å². The third kappa shape index (κ3) is 7.70. The molecule has 7 nitrogen and oxygen atoms in total. The van der Waals surface area contributed by atoms with Gasteiger partial charge in [-0.1, -0.05) is 19.1 Å². The zero-order chi connectivity index (χ0) is 22.8. The molecule has 7 heteroatoms. The zero-order valence-electron chi connectivity index (χ0n) is 18.0. The van der Waals surface area contributed by atoms with Gasteiger partial charge < -0.3 is 14.8 Å². The van der Waals surface area contributed by atoms with Crippen LogP contribution in [-0.2, 0) is 14.3 Å². The maximum atomic E-state index is 12.3. The highest BCUT2D eigenvalue weighted by molar-refractivity contribution is 5.99. The van der Waals surface area contributed by atoms with Crippen LogP contribution in [0.5, 0.6) is 5.75 Å². The largest absolute Gasteiger partial charge is 0.494 e. The van der Waals surface area contributed by atoms with Crippen LogP contribution in [0, 0.1) is 0 Å². The molecule has 1 amide bonds. The monoisotopic (exact) mass is 425 g/mol. The Balaban J connectivity index is 1.80. The molecule has 0 bridgehead atoms. The molecule has 2 rings (SSSR count). The van der Waals surface area contributed by atoms with Crippen LogP contribution < -0.4 is 10.1 Å². The number of benzene rings is 2. The number of esters is 1. The number of hydrogen-bond acceptors (Lipinski definition) is 6. The second-order valence-corrected chi connectivity index (χ2v) is 7.05. The molecule has 0 aliphatic heterocycles. The fourth-order valence-corrected chi connectivity index (χ4v) is 2.69. The molecule has 1 atom stereocenters. The van der Waals surface area contributed by atoms with Gasteiger partial charge in [0.1, 0.15) is 5.75 Å². The van der Waals surface area contributed by atoms with Crippen LogP contribution in [0.2, 0.25) is 0 Å². The van der Waals surface area contributed by atoms with Gasteiger partial charge in [-0.25, -0.2) is 0 Å². The van der Waals surface area contributed by atoms with Crippen molar-refractivity contribution in [1.29, 1.82) is 0 Å². The maximum absolute atomic E-state index is 12.3. The van der Waals surface area contributed by atoms with E-state index in [1.54, 1.807) is 48.5 Å². The number of amides is 1. The first-order chi connectivity index (χ1) is 14.8. The SMILES string of the molecule is CCCOc1ccc(C(=O)CCC(=O)O[C@@H](C)C(=O)Nc2cccc(C(C)=O)c2)cc1. The lowest BCUT2D eigenvalue weighted by atomic mass is 10.1. The summed E-state index contributed by atoms with van der Waals surface area (Å²) >= 11 is 0. The van der Waals surface area contributed by atoms with Gasteiger partial charge in [0, 0.05) is 23.2 Å². The third-order valence-electron chi connectivity index (χ3n) is 4.42. The van der Waals surface area contributed by atoms with Crippen molar-refractivity contribution < 1.29 is 28.7 Å². The van der Waals surface area contributed by atoms with E-state index in [0.29, 0.717) is 29.2 Å². The normalized spacial score (nSPS) is 11.3. The Morgan fingerprint density at radius 1 is 0.968 bits per heavy atom. The summed E-state index contributed by atoms with van der Waals surface area (Å²) in [6.07, 6.45) is -0.309. The molecular formula is C24H27NO6. The lowest BCUT2D eigenvalue weighted by molar-refractivity contribution is -0.153. The average Bonchev–Trinajstić information content (AvgIpc) is 2.76. The molecule has 0 aliphatic rings. The minimum Gasteiger partial charge on any atom is -0.494 e. The van der Waals surface area contributed by atoms with E-state index in [0.717, 1.165) is 6.42 Å². The van der Waals surface area contributed by atoms with Crippen molar-refractivity contribution in [3.05, 3.63) is 59.7 Å². The summed E-state index contributed by atoms with van der Waals surface area (Å²) in [4.78, 5) is 48.0. The van der Waals surface area contributed by atoms with Crippen molar-refractivity contribution in [2.75, 3.05) is 11.9 Å². The molecule has 0 fully saturated rings. The molecule has 2 aromatic carbocycles. The summed E-state index contributed by atoms with van der Waals surface area (Å²) in [5, 5.41) is 2.61. The van der Waals surface area contributed by atoms with Crippen LogP contribution in [0.4, 0.5) is 5.69 Å². The minimum absolute atomic E-state index is 0.0248. The predicted molar refractivity (Wildman–Crippen MR) is 116 cm³/mol. The van der Waals surface area contributed by atoms with Crippen LogP contribution in [0.3, 0.4) is 0 Å². The smallest absolute Gasteiger partial charge is 0.307 e. The molecule has 31 heavy (non-hydrogen) atoms. The van der Waals surface area contributed by atoms with Gasteiger partial charge in [-0.2, -0.15) is 0 Å². The Kier molecular flexibility index (Phi) is 8.94. The molecule has 0 unspecified atom stereocenters. The number of Topliss-reactive ketones (excluding diaryl/α,β-unsaturated/α-hetero) is 2. The highest BCUT2D eigenvalue weighted by Crippen LogP contribution is 2.15. The van der Waals surface area contributed by atoms with Crippen LogP contribution in [-0.4, -0.2) is 36.2 Å². The van der Waals surface area contributed by atoms with Crippen LogP contribution in [0.25, 0.3) is 0 Å². The summed E-state index contributed by atoms with van der Waals surface area (Å²) in [5.74, 6) is -0.800. The van der Waals surface area contributed by atoms with Crippen molar-refractivity contribution in [1.82, 2.24) is 0 Å². The third-order valence-corrected chi connectivity index (χ3v) is 4.42. The number of carbonyl (C=O) groups excluding carboxylic acids is 4. The van der Waals surface area contributed by atoms with Crippen LogP contribution in [0.1, 0.15) is 60.7 Å².